The van der Waals surface area contributed by atoms with Gasteiger partial charge in [-0.3, -0.25) is 19.2 Å². The maximum atomic E-state index is 14.2. The molecule has 1 aliphatic rings. The summed E-state index contributed by atoms with van der Waals surface area (Å²) in [6.45, 7) is 8.80. The fourth-order valence-electron chi connectivity index (χ4n) is 9.25. The normalized spacial score (nSPS) is 16.0. The molecule has 0 aliphatic carbocycles. The van der Waals surface area contributed by atoms with E-state index in [1.165, 1.54) is 0 Å². The first-order valence-corrected chi connectivity index (χ1v) is 23.6. The van der Waals surface area contributed by atoms with Crippen LogP contribution in [0.4, 0.5) is 0 Å². The van der Waals surface area contributed by atoms with Crippen LogP contribution in [-0.2, 0) is 54.3 Å². The van der Waals surface area contributed by atoms with Crippen LogP contribution in [0.15, 0.2) is 114 Å². The number of epoxide rings is 1. The molecule has 1 fully saturated rings. The topological polar surface area (TPSA) is 160 Å². The Hall–Kier alpha value is -6.37. The molecule has 0 saturated carbocycles. The summed E-state index contributed by atoms with van der Waals surface area (Å²) in [6.07, 6.45) is 2.93. The quantitative estimate of drug-likeness (QED) is 0.0117. The van der Waals surface area contributed by atoms with Gasteiger partial charge in [0.2, 0.25) is 0 Å². The lowest BCUT2D eigenvalue weighted by atomic mass is 9.69. The van der Waals surface area contributed by atoms with Crippen molar-refractivity contribution in [2.45, 2.75) is 85.9 Å². The molecule has 4 unspecified atom stereocenters. The Labute approximate surface area is 397 Å². The minimum atomic E-state index is -1.32. The molecular weight excluding hydrogens is 863 g/mol. The SMILES string of the molecule is CCC(C)(CC(CCC(C)(CC(C)(C)C(=O)OCCON=Cc1c2ccccc2cc2ccccc12)C(=O)OCCO)C(=O)OCCC1CO1)C(=O)OCc1c2ccccc2cc2ccccc12. The largest absolute Gasteiger partial charge is 0.465 e. The highest BCUT2D eigenvalue weighted by Gasteiger charge is 2.46. The van der Waals surface area contributed by atoms with E-state index in [-0.39, 0.29) is 64.8 Å². The van der Waals surface area contributed by atoms with Gasteiger partial charge >= 0.3 is 23.9 Å². The molecule has 12 nitrogen and oxygen atoms in total. The Balaban J connectivity index is 1.02. The number of nitrogens with zero attached hydrogens (tertiary/aromatic N) is 1. The summed E-state index contributed by atoms with van der Waals surface area (Å²) in [5.74, 6) is -2.98. The van der Waals surface area contributed by atoms with Gasteiger partial charge in [0.1, 0.15) is 19.8 Å². The number of hydrogen-bond donors (Lipinski definition) is 1. The van der Waals surface area contributed by atoms with E-state index in [0.29, 0.717) is 19.4 Å². The van der Waals surface area contributed by atoms with E-state index in [2.05, 4.69) is 29.4 Å². The number of carbonyl (C=O) groups excluding carboxylic acids is 4. The van der Waals surface area contributed by atoms with Gasteiger partial charge in [-0.05, 0) is 115 Å². The fraction of sp³-hybridized carbons (Fsp3) is 0.411. The van der Waals surface area contributed by atoms with Crippen LogP contribution in [0.2, 0.25) is 0 Å². The van der Waals surface area contributed by atoms with Gasteiger partial charge < -0.3 is 33.6 Å². The van der Waals surface area contributed by atoms with Crippen molar-refractivity contribution >= 4 is 73.2 Å². The summed E-state index contributed by atoms with van der Waals surface area (Å²) in [7, 11) is 0. The number of oxime groups is 1. The van der Waals surface area contributed by atoms with Crippen molar-refractivity contribution in [1.82, 2.24) is 0 Å². The van der Waals surface area contributed by atoms with Gasteiger partial charge in [0.15, 0.2) is 6.61 Å². The molecule has 1 aliphatic heterocycles. The van der Waals surface area contributed by atoms with E-state index in [1.807, 2.05) is 91.9 Å². The lowest BCUT2D eigenvalue weighted by molar-refractivity contribution is -0.167. The second-order valence-electron chi connectivity index (χ2n) is 19.1. The van der Waals surface area contributed by atoms with E-state index in [4.69, 9.17) is 28.5 Å². The maximum Gasteiger partial charge on any atom is 0.312 e. The highest BCUT2D eigenvalue weighted by atomic mass is 16.6. The molecule has 1 N–H and O–H groups in total. The molecule has 1 saturated heterocycles. The summed E-state index contributed by atoms with van der Waals surface area (Å²) >= 11 is 0. The first-order chi connectivity index (χ1) is 32.7. The van der Waals surface area contributed by atoms with Crippen LogP contribution in [0.25, 0.3) is 43.1 Å². The van der Waals surface area contributed by atoms with Crippen molar-refractivity contribution in [2.24, 2.45) is 27.3 Å². The Morgan fingerprint density at radius 1 is 0.691 bits per heavy atom. The molecule has 6 aromatic carbocycles. The molecular formula is C56H63NO11. The molecule has 6 aromatic rings. The fourth-order valence-corrected chi connectivity index (χ4v) is 9.25. The van der Waals surface area contributed by atoms with Gasteiger partial charge in [0.25, 0.3) is 0 Å². The zero-order chi connectivity index (χ0) is 48.3. The first kappa shape index (κ1) is 49.5. The standard InChI is InChI=1S/C56H63NO11/c1-6-55(4,52(61)67-36-49-46-21-13-9-17-40(46)32-41-18-10-14-22-47(41)49)33-42(50(59)63-27-24-43-35-66-43)23-25-56(5,53(62)64-28-26-58)37-54(2,3)51(60)65-29-30-68-57-34-48-44-19-11-7-15-38(44)31-39-16-8-12-20-45(39)48/h7-22,31-32,34,42-43,58H,6,23-30,33,35-37H2,1-5H3. The second kappa shape index (κ2) is 22.2. The molecule has 12 heteroatoms. The molecule has 0 amide bonds. The number of ether oxygens (including phenoxy) is 5. The second-order valence-corrected chi connectivity index (χ2v) is 19.1. The van der Waals surface area contributed by atoms with Crippen LogP contribution in [0.5, 0.6) is 0 Å². The predicted octanol–water partition coefficient (Wildman–Crippen LogP) is 10.4. The Bertz CT molecular complexity index is 2670. The third-order valence-electron chi connectivity index (χ3n) is 13.3. The molecule has 1 heterocycles. The van der Waals surface area contributed by atoms with Gasteiger partial charge in [0.05, 0.1) is 54.3 Å². The number of rotatable bonds is 24. The zero-order valence-electron chi connectivity index (χ0n) is 39.8. The molecule has 68 heavy (non-hydrogen) atoms. The molecule has 4 atom stereocenters. The number of hydrogen-bond acceptors (Lipinski definition) is 12. The first-order valence-electron chi connectivity index (χ1n) is 23.6. The monoisotopic (exact) mass is 925 g/mol. The molecule has 0 radical (unpaired) electrons. The predicted molar refractivity (Wildman–Crippen MR) is 263 cm³/mol. The van der Waals surface area contributed by atoms with Crippen molar-refractivity contribution in [2.75, 3.05) is 39.6 Å². The van der Waals surface area contributed by atoms with E-state index in [0.717, 1.165) is 54.2 Å². The number of carbonyl (C=O) groups is 4. The summed E-state index contributed by atoms with van der Waals surface area (Å²) in [6, 6.07) is 36.4. The number of benzene rings is 6. The minimum absolute atomic E-state index is 0.00927. The minimum Gasteiger partial charge on any atom is -0.465 e. The van der Waals surface area contributed by atoms with Crippen LogP contribution < -0.4 is 0 Å². The van der Waals surface area contributed by atoms with Crippen LogP contribution in [0, 0.1) is 22.2 Å². The third-order valence-corrected chi connectivity index (χ3v) is 13.3. The average molecular weight is 926 g/mol. The van der Waals surface area contributed by atoms with Crippen molar-refractivity contribution in [3.8, 4) is 0 Å². The van der Waals surface area contributed by atoms with Gasteiger partial charge in [0, 0.05) is 17.5 Å². The Morgan fingerprint density at radius 2 is 1.22 bits per heavy atom. The third kappa shape index (κ3) is 12.0. The Morgan fingerprint density at radius 3 is 1.78 bits per heavy atom. The van der Waals surface area contributed by atoms with Crippen LogP contribution in [0.3, 0.4) is 0 Å². The highest BCUT2D eigenvalue weighted by Crippen LogP contribution is 2.43. The van der Waals surface area contributed by atoms with Gasteiger partial charge in [-0.2, -0.15) is 0 Å². The number of esters is 4. The summed E-state index contributed by atoms with van der Waals surface area (Å²) in [5.41, 5.74) is -1.81. The van der Waals surface area contributed by atoms with Gasteiger partial charge in [-0.15, -0.1) is 0 Å². The van der Waals surface area contributed by atoms with Crippen LogP contribution >= 0.6 is 0 Å². The van der Waals surface area contributed by atoms with Crippen molar-refractivity contribution in [3.05, 3.63) is 120 Å². The zero-order valence-corrected chi connectivity index (χ0v) is 39.8. The van der Waals surface area contributed by atoms with E-state index >= 15 is 0 Å². The van der Waals surface area contributed by atoms with Crippen LogP contribution in [0.1, 0.15) is 84.3 Å². The molecule has 0 spiro atoms. The summed E-state index contributed by atoms with van der Waals surface area (Å²) in [5, 5.41) is 22.0. The van der Waals surface area contributed by atoms with Gasteiger partial charge in [-0.1, -0.05) is 109 Å². The smallest absolute Gasteiger partial charge is 0.312 e. The Kier molecular flexibility index (Phi) is 16.1. The highest BCUT2D eigenvalue weighted by molar-refractivity contribution is 6.13. The molecule has 0 aromatic heterocycles. The van der Waals surface area contributed by atoms with Gasteiger partial charge in [-0.25, -0.2) is 0 Å². The lowest BCUT2D eigenvalue weighted by Crippen LogP contribution is -2.40. The summed E-state index contributed by atoms with van der Waals surface area (Å²) in [4.78, 5) is 61.4. The maximum absolute atomic E-state index is 14.2. The van der Waals surface area contributed by atoms with Crippen molar-refractivity contribution in [3.63, 3.8) is 0 Å². The van der Waals surface area contributed by atoms with Crippen LogP contribution in [-0.4, -0.2) is 80.9 Å². The summed E-state index contributed by atoms with van der Waals surface area (Å²) < 4.78 is 28.5. The number of fused-ring (bicyclic) bond motifs is 4. The van der Waals surface area contributed by atoms with E-state index in [1.54, 1.807) is 33.9 Å². The van der Waals surface area contributed by atoms with Crippen molar-refractivity contribution < 1.29 is 52.8 Å². The molecule has 7 rings (SSSR count). The number of aliphatic hydroxyl groups excluding tert-OH is 1. The lowest BCUT2D eigenvalue weighted by Gasteiger charge is -2.36. The molecule has 358 valence electrons. The average Bonchev–Trinajstić information content (AvgIpc) is 4.18. The van der Waals surface area contributed by atoms with E-state index in [9.17, 15) is 24.3 Å². The van der Waals surface area contributed by atoms with E-state index < -0.39 is 52.6 Å². The number of aliphatic hydroxyl groups is 1. The molecule has 0 bridgehead atoms. The van der Waals surface area contributed by atoms with Crippen molar-refractivity contribution in [1.29, 1.82) is 0 Å².